The maximum atomic E-state index is 12.4. The summed E-state index contributed by atoms with van der Waals surface area (Å²) >= 11 is 0. The summed E-state index contributed by atoms with van der Waals surface area (Å²) in [6.45, 7) is 0. The molecule has 0 aliphatic carbocycles. The van der Waals surface area contributed by atoms with Crippen LogP contribution in [0.15, 0.2) is 79.7 Å². The van der Waals surface area contributed by atoms with Gasteiger partial charge < -0.3 is 5.11 Å². The quantitative estimate of drug-likeness (QED) is 0.103. The summed E-state index contributed by atoms with van der Waals surface area (Å²) in [6.07, 6.45) is 0. The van der Waals surface area contributed by atoms with Crippen molar-refractivity contribution in [3.8, 4) is 11.8 Å². The molecule has 0 bridgehead atoms. The molecule has 3 aromatic rings. The Balaban J connectivity index is 0.00000385. The van der Waals surface area contributed by atoms with Crippen molar-refractivity contribution in [2.75, 3.05) is 5.43 Å². The molecule has 0 fully saturated rings. The smallest absolute Gasteiger partial charge is 0.871 e. The maximum Gasteiger partial charge on any atom is 1.00 e. The minimum absolute atomic E-state index is 0. The molecule has 0 saturated carbocycles. The first-order chi connectivity index (χ1) is 15.0. The van der Waals surface area contributed by atoms with Crippen LogP contribution in [0.1, 0.15) is 0 Å². The van der Waals surface area contributed by atoms with E-state index in [1.807, 2.05) is 0 Å². The number of benzene rings is 3. The average molecular weight is 497 g/mol. The van der Waals surface area contributed by atoms with E-state index in [0.717, 1.165) is 12.1 Å². The van der Waals surface area contributed by atoms with Gasteiger partial charge in [-0.3, -0.25) is 14.5 Å². The number of nitriles is 1. The van der Waals surface area contributed by atoms with Gasteiger partial charge in [-0.1, -0.05) is 30.0 Å². The van der Waals surface area contributed by atoms with Gasteiger partial charge in [-0.2, -0.15) is 22.1 Å². The summed E-state index contributed by atoms with van der Waals surface area (Å²) in [6, 6.07) is 12.9. The van der Waals surface area contributed by atoms with E-state index in [2.05, 4.69) is 20.8 Å². The van der Waals surface area contributed by atoms with E-state index in [-0.39, 0.29) is 56.6 Å². The summed E-state index contributed by atoms with van der Waals surface area (Å²) in [4.78, 5) is -0.920. The van der Waals surface area contributed by atoms with Gasteiger partial charge >= 0.3 is 29.6 Å². The first kappa shape index (κ1) is 26.4. The molecule has 0 aliphatic heterocycles. The SMILES string of the molecule is N#C/C(N=Nc1c([O-])cc(S(=O)(=O)O)c2ccccc12)=N/Nc1ccc(S(=O)(=O)O)cc1.[Na+]. The Hall–Kier alpha value is -2.90. The van der Waals surface area contributed by atoms with Gasteiger partial charge in [0.25, 0.3) is 26.1 Å². The predicted molar refractivity (Wildman–Crippen MR) is 111 cm³/mol. The molecular formula is C18H12N5NaO7S2. The summed E-state index contributed by atoms with van der Waals surface area (Å²) in [5.74, 6) is -1.36. The molecular weight excluding hydrogens is 485 g/mol. The maximum absolute atomic E-state index is 12.4. The molecule has 0 spiro atoms. The normalized spacial score (nSPS) is 12.3. The van der Waals surface area contributed by atoms with Crippen LogP contribution < -0.4 is 40.1 Å². The first-order valence-electron chi connectivity index (χ1n) is 8.44. The van der Waals surface area contributed by atoms with E-state index in [1.54, 1.807) is 6.07 Å². The molecule has 33 heavy (non-hydrogen) atoms. The number of amidine groups is 1. The Bertz CT molecular complexity index is 1510. The third-order valence-corrected chi connectivity index (χ3v) is 5.77. The molecule has 0 heterocycles. The Morgan fingerprint density at radius 3 is 2.12 bits per heavy atom. The second-order valence-electron chi connectivity index (χ2n) is 6.10. The first-order valence-corrected chi connectivity index (χ1v) is 11.3. The zero-order chi connectivity index (χ0) is 23.5. The fourth-order valence-corrected chi connectivity index (χ4v) is 3.80. The van der Waals surface area contributed by atoms with Crippen LogP contribution in [-0.2, 0) is 20.2 Å². The number of fused-ring (bicyclic) bond motifs is 1. The van der Waals surface area contributed by atoms with E-state index in [0.29, 0.717) is 6.07 Å². The number of hydrazone groups is 1. The van der Waals surface area contributed by atoms with Crippen molar-refractivity contribution in [2.45, 2.75) is 9.79 Å². The Labute approximate surface area is 210 Å². The van der Waals surface area contributed by atoms with Gasteiger partial charge in [-0.25, -0.2) is 0 Å². The van der Waals surface area contributed by atoms with E-state index in [1.165, 1.54) is 36.4 Å². The van der Waals surface area contributed by atoms with Gasteiger partial charge in [-0.15, -0.1) is 15.3 Å². The molecule has 12 nitrogen and oxygen atoms in total. The molecule has 0 unspecified atom stereocenters. The largest absolute Gasteiger partial charge is 1.00 e. The second kappa shape index (κ2) is 10.4. The molecule has 3 aromatic carbocycles. The molecule has 0 atom stereocenters. The molecule has 0 aliphatic rings. The Morgan fingerprint density at radius 1 is 0.970 bits per heavy atom. The second-order valence-corrected chi connectivity index (χ2v) is 8.91. The summed E-state index contributed by atoms with van der Waals surface area (Å²) in [5.41, 5.74) is 2.42. The fourth-order valence-electron chi connectivity index (χ4n) is 2.60. The predicted octanol–water partition coefficient (Wildman–Crippen LogP) is -0.556. The van der Waals surface area contributed by atoms with E-state index in [9.17, 15) is 31.8 Å². The van der Waals surface area contributed by atoms with Crippen molar-refractivity contribution in [1.29, 1.82) is 5.26 Å². The topological polar surface area (TPSA) is 205 Å². The minimum atomic E-state index is -4.67. The van der Waals surface area contributed by atoms with Crippen LogP contribution in [0.25, 0.3) is 10.8 Å². The third kappa shape index (κ3) is 6.33. The zero-order valence-corrected chi connectivity index (χ0v) is 20.4. The number of hydrogen-bond acceptors (Lipinski definition) is 9. The van der Waals surface area contributed by atoms with Gasteiger partial charge in [0.15, 0.2) is 0 Å². The van der Waals surface area contributed by atoms with E-state index >= 15 is 0 Å². The molecule has 0 saturated heterocycles. The van der Waals surface area contributed by atoms with E-state index in [4.69, 9.17) is 4.55 Å². The van der Waals surface area contributed by atoms with Gasteiger partial charge in [0.05, 0.1) is 16.3 Å². The number of nitrogens with zero attached hydrogens (tertiary/aromatic N) is 4. The van der Waals surface area contributed by atoms with Crippen molar-refractivity contribution >= 4 is 48.2 Å². The van der Waals surface area contributed by atoms with Crippen molar-refractivity contribution < 1.29 is 60.6 Å². The van der Waals surface area contributed by atoms with Gasteiger partial charge in [0.1, 0.15) is 11.0 Å². The summed E-state index contributed by atoms with van der Waals surface area (Å²) < 4.78 is 63.5. The molecule has 3 N–H and O–H groups in total. The van der Waals surface area contributed by atoms with Crippen molar-refractivity contribution in [2.24, 2.45) is 15.3 Å². The molecule has 0 amide bonds. The van der Waals surface area contributed by atoms with Crippen LogP contribution >= 0.6 is 0 Å². The van der Waals surface area contributed by atoms with Crippen LogP contribution in [0.4, 0.5) is 11.4 Å². The number of anilines is 1. The van der Waals surface area contributed by atoms with Crippen molar-refractivity contribution in [3.05, 3.63) is 54.6 Å². The fraction of sp³-hybridized carbons (Fsp3) is 0. The minimum Gasteiger partial charge on any atom is -0.871 e. The van der Waals surface area contributed by atoms with Crippen molar-refractivity contribution in [3.63, 3.8) is 0 Å². The standard InChI is InChI=1S/C18H13N5O7S2.Na/c19-10-17(21-20-11-5-7-12(8-6-11)31(25,26)27)22-23-18-14-4-2-1-3-13(14)16(9-15(18)24)32(28,29)30;/h1-9,20,24H,(H,25,26,27)(H,28,29,30);/q;+1/p-1/b21-17-,23-22?;. The Kier molecular flexibility index (Phi) is 8.27. The molecule has 0 aromatic heterocycles. The molecule has 15 heteroatoms. The third-order valence-electron chi connectivity index (χ3n) is 4.01. The monoisotopic (exact) mass is 497 g/mol. The zero-order valence-electron chi connectivity index (χ0n) is 16.7. The van der Waals surface area contributed by atoms with Crippen LogP contribution in [0.2, 0.25) is 0 Å². The van der Waals surface area contributed by atoms with E-state index < -0.39 is 36.7 Å². The van der Waals surface area contributed by atoms with Crippen LogP contribution in [0.5, 0.6) is 5.75 Å². The number of azo groups is 1. The van der Waals surface area contributed by atoms with Crippen LogP contribution in [-0.4, -0.2) is 31.8 Å². The summed E-state index contributed by atoms with van der Waals surface area (Å²) in [7, 11) is -9.03. The van der Waals surface area contributed by atoms with Crippen LogP contribution in [0, 0.1) is 11.3 Å². The average Bonchev–Trinajstić information content (AvgIpc) is 2.73. The number of hydrogen-bond donors (Lipinski definition) is 3. The number of nitrogens with one attached hydrogen (secondary N) is 1. The van der Waals surface area contributed by atoms with Crippen LogP contribution in [0.3, 0.4) is 0 Å². The molecule has 0 radical (unpaired) electrons. The summed E-state index contributed by atoms with van der Waals surface area (Å²) in [5, 5.41) is 32.7. The van der Waals surface area contributed by atoms with Gasteiger partial charge in [0.2, 0.25) is 0 Å². The van der Waals surface area contributed by atoms with Crippen molar-refractivity contribution in [1.82, 2.24) is 0 Å². The Morgan fingerprint density at radius 2 is 1.58 bits per heavy atom. The molecule has 3 rings (SSSR count). The van der Waals surface area contributed by atoms with Gasteiger partial charge in [0, 0.05) is 10.8 Å². The number of rotatable bonds is 5. The molecule has 164 valence electrons. The van der Waals surface area contributed by atoms with Gasteiger partial charge in [-0.05, 0) is 30.3 Å².